The Morgan fingerprint density at radius 2 is 2.15 bits per heavy atom. The van der Waals surface area contributed by atoms with E-state index in [2.05, 4.69) is 26.2 Å². The fourth-order valence-corrected chi connectivity index (χ4v) is 2.17. The van der Waals surface area contributed by atoms with Crippen LogP contribution in [0.25, 0.3) is 0 Å². The quantitative estimate of drug-likeness (QED) is 0.884. The van der Waals surface area contributed by atoms with Crippen molar-refractivity contribution in [2.75, 3.05) is 18.2 Å². The lowest BCUT2D eigenvalue weighted by molar-refractivity contribution is 0.102. The fraction of sp³-hybridized carbons (Fsp3) is 0.0769. The fourth-order valence-electron chi connectivity index (χ4n) is 1.53. The molecular weight excluding hydrogens is 346 g/mol. The first kappa shape index (κ1) is 14.6. The third-order valence-corrected chi connectivity index (χ3v) is 3.26. The van der Waals surface area contributed by atoms with Gasteiger partial charge in [0.2, 0.25) is 0 Å². The summed E-state index contributed by atoms with van der Waals surface area (Å²) in [5, 5.41) is 2.97. The lowest BCUT2D eigenvalue weighted by Gasteiger charge is -2.08. The van der Waals surface area contributed by atoms with E-state index in [1.165, 1.54) is 12.3 Å². The second kappa shape index (κ2) is 6.11. The first-order valence-corrected chi connectivity index (χ1v) is 6.73. The van der Waals surface area contributed by atoms with Gasteiger partial charge in [0.15, 0.2) is 0 Å². The molecule has 0 saturated heterocycles. The Morgan fingerprint density at radius 1 is 1.40 bits per heavy atom. The summed E-state index contributed by atoms with van der Waals surface area (Å²) in [5.41, 5.74) is 6.42. The molecule has 104 valence electrons. The number of anilines is 2. The number of ether oxygens (including phenoxy) is 1. The van der Waals surface area contributed by atoms with Crippen LogP contribution in [-0.2, 0) is 0 Å². The van der Waals surface area contributed by atoms with Crippen molar-refractivity contribution in [1.82, 2.24) is 4.98 Å². The Morgan fingerprint density at radius 3 is 2.80 bits per heavy atom. The number of nitrogens with zero attached hydrogens (tertiary/aromatic N) is 1. The number of methoxy groups -OCH3 is 1. The van der Waals surface area contributed by atoms with E-state index < -0.39 is 0 Å². The van der Waals surface area contributed by atoms with Crippen molar-refractivity contribution < 1.29 is 9.53 Å². The molecule has 2 aromatic rings. The van der Waals surface area contributed by atoms with Gasteiger partial charge in [-0.15, -0.1) is 0 Å². The van der Waals surface area contributed by atoms with Gasteiger partial charge in [0.1, 0.15) is 11.6 Å². The normalized spacial score (nSPS) is 10.2. The molecule has 1 aromatic heterocycles. The summed E-state index contributed by atoms with van der Waals surface area (Å²) in [7, 11) is 1.55. The topological polar surface area (TPSA) is 77.2 Å². The number of aromatic nitrogens is 1. The van der Waals surface area contributed by atoms with Gasteiger partial charge >= 0.3 is 0 Å². The van der Waals surface area contributed by atoms with E-state index in [9.17, 15) is 4.79 Å². The summed E-state index contributed by atoms with van der Waals surface area (Å²) in [5.74, 6) is 0.482. The lowest BCUT2D eigenvalue weighted by atomic mass is 10.2. The SMILES string of the molecule is COc1cc(Br)cc(NC(=O)c2cnc(N)c(Cl)c2)c1. The first-order valence-electron chi connectivity index (χ1n) is 5.56. The van der Waals surface area contributed by atoms with Crippen LogP contribution in [0.5, 0.6) is 5.75 Å². The van der Waals surface area contributed by atoms with Crippen LogP contribution < -0.4 is 15.8 Å². The summed E-state index contributed by atoms with van der Waals surface area (Å²) in [6, 6.07) is 6.72. The zero-order chi connectivity index (χ0) is 14.7. The molecule has 3 N–H and O–H groups in total. The van der Waals surface area contributed by atoms with Crippen molar-refractivity contribution >= 4 is 44.9 Å². The molecule has 0 unspecified atom stereocenters. The van der Waals surface area contributed by atoms with Gasteiger partial charge in [-0.1, -0.05) is 27.5 Å². The number of rotatable bonds is 3. The summed E-state index contributed by atoms with van der Waals surface area (Å²) in [6.45, 7) is 0. The van der Waals surface area contributed by atoms with Gasteiger partial charge in [0.05, 0.1) is 17.7 Å². The van der Waals surface area contributed by atoms with Crippen molar-refractivity contribution in [3.63, 3.8) is 0 Å². The van der Waals surface area contributed by atoms with Crippen LogP contribution in [0.3, 0.4) is 0 Å². The number of nitrogen functional groups attached to an aromatic ring is 1. The molecule has 1 amide bonds. The van der Waals surface area contributed by atoms with Gasteiger partial charge < -0.3 is 15.8 Å². The predicted molar refractivity (Wildman–Crippen MR) is 82.3 cm³/mol. The smallest absolute Gasteiger partial charge is 0.257 e. The van der Waals surface area contributed by atoms with Crippen molar-refractivity contribution in [3.8, 4) is 5.75 Å². The van der Waals surface area contributed by atoms with E-state index in [0.29, 0.717) is 17.0 Å². The van der Waals surface area contributed by atoms with E-state index in [-0.39, 0.29) is 16.7 Å². The maximum atomic E-state index is 12.1. The van der Waals surface area contributed by atoms with E-state index in [4.69, 9.17) is 22.1 Å². The molecule has 0 saturated carbocycles. The summed E-state index contributed by atoms with van der Waals surface area (Å²) in [6.07, 6.45) is 1.37. The second-order valence-electron chi connectivity index (χ2n) is 3.92. The molecule has 20 heavy (non-hydrogen) atoms. The van der Waals surface area contributed by atoms with Gasteiger partial charge in [-0.3, -0.25) is 4.79 Å². The molecule has 0 aliphatic carbocycles. The zero-order valence-corrected chi connectivity index (χ0v) is 12.8. The Kier molecular flexibility index (Phi) is 4.46. The summed E-state index contributed by atoms with van der Waals surface area (Å²) in [4.78, 5) is 15.9. The number of nitrogens with two attached hydrogens (primary N) is 1. The van der Waals surface area contributed by atoms with Crippen LogP contribution in [0.4, 0.5) is 11.5 Å². The first-order chi connectivity index (χ1) is 9.49. The molecular formula is C13H11BrClN3O2. The van der Waals surface area contributed by atoms with Gasteiger partial charge in [0, 0.05) is 22.4 Å². The minimum Gasteiger partial charge on any atom is -0.497 e. The van der Waals surface area contributed by atoms with E-state index >= 15 is 0 Å². The molecule has 0 atom stereocenters. The Labute approximate surface area is 129 Å². The van der Waals surface area contributed by atoms with Crippen molar-refractivity contribution in [3.05, 3.63) is 45.5 Å². The predicted octanol–water partition coefficient (Wildman–Crippen LogP) is 3.34. The number of carbonyl (C=O) groups excluding carboxylic acids is 1. The van der Waals surface area contributed by atoms with Gasteiger partial charge in [-0.2, -0.15) is 0 Å². The molecule has 5 nitrogen and oxygen atoms in total. The number of pyridine rings is 1. The number of hydrogen-bond acceptors (Lipinski definition) is 4. The standard InChI is InChI=1S/C13H11BrClN3O2/c1-20-10-4-8(14)3-9(5-10)18-13(19)7-2-11(15)12(16)17-6-7/h2-6H,1H3,(H2,16,17)(H,18,19). The molecule has 0 radical (unpaired) electrons. The molecule has 0 spiro atoms. The van der Waals surface area contributed by atoms with Crippen LogP contribution in [0, 0.1) is 0 Å². The average Bonchev–Trinajstić information content (AvgIpc) is 2.41. The number of halogens is 2. The molecule has 7 heteroatoms. The van der Waals surface area contributed by atoms with Crippen LogP contribution >= 0.6 is 27.5 Å². The van der Waals surface area contributed by atoms with Crippen molar-refractivity contribution in [2.24, 2.45) is 0 Å². The highest BCUT2D eigenvalue weighted by Gasteiger charge is 2.10. The van der Waals surface area contributed by atoms with Gasteiger partial charge in [0.25, 0.3) is 5.91 Å². The minimum atomic E-state index is -0.334. The Hall–Kier alpha value is -1.79. The van der Waals surface area contributed by atoms with Crippen molar-refractivity contribution in [1.29, 1.82) is 0 Å². The number of carbonyl (C=O) groups is 1. The second-order valence-corrected chi connectivity index (χ2v) is 5.25. The van der Waals surface area contributed by atoms with E-state index in [1.807, 2.05) is 0 Å². The maximum absolute atomic E-state index is 12.1. The highest BCUT2D eigenvalue weighted by molar-refractivity contribution is 9.10. The molecule has 0 aliphatic rings. The highest BCUT2D eigenvalue weighted by atomic mass is 79.9. The Balaban J connectivity index is 2.23. The molecule has 0 aliphatic heterocycles. The van der Waals surface area contributed by atoms with Gasteiger partial charge in [-0.05, 0) is 18.2 Å². The van der Waals surface area contributed by atoms with Crippen LogP contribution in [-0.4, -0.2) is 18.0 Å². The van der Waals surface area contributed by atoms with Crippen LogP contribution in [0.1, 0.15) is 10.4 Å². The van der Waals surface area contributed by atoms with E-state index in [0.717, 1.165) is 4.47 Å². The lowest BCUT2D eigenvalue weighted by Crippen LogP contribution is -2.12. The zero-order valence-electron chi connectivity index (χ0n) is 10.5. The summed E-state index contributed by atoms with van der Waals surface area (Å²) < 4.78 is 5.92. The molecule has 1 aromatic carbocycles. The maximum Gasteiger partial charge on any atom is 0.257 e. The number of nitrogens with one attached hydrogen (secondary N) is 1. The third-order valence-electron chi connectivity index (χ3n) is 2.50. The minimum absolute atomic E-state index is 0.187. The number of benzene rings is 1. The Bertz CT molecular complexity index is 664. The summed E-state index contributed by atoms with van der Waals surface area (Å²) >= 11 is 9.18. The van der Waals surface area contributed by atoms with Crippen LogP contribution in [0.2, 0.25) is 5.02 Å². The van der Waals surface area contributed by atoms with E-state index in [1.54, 1.807) is 25.3 Å². The average molecular weight is 357 g/mol. The van der Waals surface area contributed by atoms with Crippen molar-refractivity contribution in [2.45, 2.75) is 0 Å². The highest BCUT2D eigenvalue weighted by Crippen LogP contribution is 2.25. The monoisotopic (exact) mass is 355 g/mol. The largest absolute Gasteiger partial charge is 0.497 e. The molecule has 2 rings (SSSR count). The third kappa shape index (κ3) is 3.40. The van der Waals surface area contributed by atoms with Gasteiger partial charge in [-0.25, -0.2) is 4.98 Å². The van der Waals surface area contributed by atoms with Crippen LogP contribution in [0.15, 0.2) is 34.9 Å². The number of hydrogen-bond donors (Lipinski definition) is 2. The molecule has 0 fully saturated rings. The number of amides is 1. The molecule has 1 heterocycles. The molecule has 0 bridgehead atoms.